The zero-order valence-corrected chi connectivity index (χ0v) is 12.9. The number of hydrogen-bond donors (Lipinski definition) is 0. The van der Waals surface area contributed by atoms with Gasteiger partial charge in [-0.3, -0.25) is 0 Å². The molecule has 0 N–H and O–H groups in total. The van der Waals surface area contributed by atoms with E-state index in [2.05, 4.69) is 50.0 Å². The van der Waals surface area contributed by atoms with Crippen LogP contribution >= 0.6 is 12.2 Å². The summed E-state index contributed by atoms with van der Waals surface area (Å²) >= 11 is 4.85. The van der Waals surface area contributed by atoms with E-state index in [1.165, 1.54) is 24.0 Å². The molecule has 0 saturated heterocycles. The van der Waals surface area contributed by atoms with Gasteiger partial charge in [0.1, 0.15) is 0 Å². The van der Waals surface area contributed by atoms with Crippen LogP contribution in [0.2, 0.25) is 0 Å². The van der Waals surface area contributed by atoms with Crippen LogP contribution in [0.15, 0.2) is 28.3 Å². The van der Waals surface area contributed by atoms with Gasteiger partial charge in [0, 0.05) is 0 Å². The van der Waals surface area contributed by atoms with Crippen LogP contribution in [0.4, 0.5) is 0 Å². The van der Waals surface area contributed by atoms with Gasteiger partial charge < -0.3 is 0 Å². The summed E-state index contributed by atoms with van der Waals surface area (Å²) in [7, 11) is 0. The van der Waals surface area contributed by atoms with Gasteiger partial charge in [-0.2, -0.15) is 0 Å². The van der Waals surface area contributed by atoms with Gasteiger partial charge in [-0.15, -0.1) is 0 Å². The van der Waals surface area contributed by atoms with E-state index in [0.29, 0.717) is 5.92 Å². The molecule has 0 radical (unpaired) electrons. The van der Waals surface area contributed by atoms with E-state index in [0.717, 1.165) is 19.3 Å². The summed E-state index contributed by atoms with van der Waals surface area (Å²) in [6, 6.07) is 0. The minimum Gasteiger partial charge on any atom is -0.226 e. The maximum Gasteiger partial charge on any atom is 0.0717 e. The van der Waals surface area contributed by atoms with Gasteiger partial charge in [0.15, 0.2) is 0 Å². The fourth-order valence-corrected chi connectivity index (χ4v) is 2.85. The summed E-state index contributed by atoms with van der Waals surface area (Å²) in [4.78, 5) is 4.51. The molecule has 1 nitrogen and oxygen atoms in total. The Kier molecular flexibility index (Phi) is 5.98. The van der Waals surface area contributed by atoms with E-state index < -0.39 is 0 Å². The molecular formula is C16H25NS. The van der Waals surface area contributed by atoms with Gasteiger partial charge in [0.05, 0.1) is 10.7 Å². The molecule has 1 rings (SSSR count). The van der Waals surface area contributed by atoms with Gasteiger partial charge >= 0.3 is 0 Å². The number of hydrogen-bond acceptors (Lipinski definition) is 2. The molecule has 1 aliphatic carbocycles. The van der Waals surface area contributed by atoms with Gasteiger partial charge in [-0.25, -0.2) is 4.99 Å². The van der Waals surface area contributed by atoms with Crippen LogP contribution in [0.5, 0.6) is 0 Å². The Hall–Kier alpha value is -0.720. The Balaban J connectivity index is 2.74. The van der Waals surface area contributed by atoms with Gasteiger partial charge in [0.25, 0.3) is 0 Å². The number of aliphatic imine (C=N–C) groups is 1. The van der Waals surface area contributed by atoms with Gasteiger partial charge in [0.2, 0.25) is 0 Å². The summed E-state index contributed by atoms with van der Waals surface area (Å²) in [5.74, 6) is 0.613. The molecule has 0 heterocycles. The molecule has 0 spiro atoms. The summed E-state index contributed by atoms with van der Waals surface area (Å²) in [5.41, 5.74) is 2.86. The molecule has 0 aromatic heterocycles. The number of isothiocyanates is 1. The summed E-state index contributed by atoms with van der Waals surface area (Å²) < 4.78 is 0. The van der Waals surface area contributed by atoms with Crippen LogP contribution in [0.25, 0.3) is 0 Å². The third-order valence-electron chi connectivity index (χ3n) is 4.02. The first-order chi connectivity index (χ1) is 8.48. The predicted molar refractivity (Wildman–Crippen MR) is 83.2 cm³/mol. The van der Waals surface area contributed by atoms with E-state index in [-0.39, 0.29) is 5.54 Å². The Labute approximate surface area is 117 Å². The highest BCUT2D eigenvalue weighted by molar-refractivity contribution is 7.78. The zero-order chi connectivity index (χ0) is 13.6. The van der Waals surface area contributed by atoms with E-state index in [4.69, 9.17) is 12.2 Å². The zero-order valence-electron chi connectivity index (χ0n) is 12.1. The van der Waals surface area contributed by atoms with Crippen molar-refractivity contribution in [1.29, 1.82) is 0 Å². The highest BCUT2D eigenvalue weighted by Gasteiger charge is 2.33. The summed E-state index contributed by atoms with van der Waals surface area (Å²) in [6.45, 7) is 8.75. The fraction of sp³-hybridized carbons (Fsp3) is 0.688. The Bertz CT molecular complexity index is 384. The second kappa shape index (κ2) is 7.01. The lowest BCUT2D eigenvalue weighted by Gasteiger charge is -2.35. The Morgan fingerprint density at radius 3 is 2.83 bits per heavy atom. The molecule has 0 saturated carbocycles. The summed E-state index contributed by atoms with van der Waals surface area (Å²) in [5, 5.41) is 2.62. The van der Waals surface area contributed by atoms with Crippen molar-refractivity contribution in [2.75, 3.05) is 0 Å². The first kappa shape index (κ1) is 15.3. The number of nitrogens with zero attached hydrogens (tertiary/aromatic N) is 1. The third-order valence-corrected chi connectivity index (χ3v) is 4.11. The smallest absolute Gasteiger partial charge is 0.0717 e. The molecule has 100 valence electrons. The monoisotopic (exact) mass is 263 g/mol. The SMILES string of the molecule is CC(C)=CCC[C@](C)(N=C=S)[C@@H]1CC=C(C)CC1. The lowest BCUT2D eigenvalue weighted by molar-refractivity contribution is 0.260. The van der Waals surface area contributed by atoms with E-state index in [1.807, 2.05) is 0 Å². The van der Waals surface area contributed by atoms with Crippen molar-refractivity contribution in [2.24, 2.45) is 10.9 Å². The van der Waals surface area contributed by atoms with Crippen molar-refractivity contribution in [1.82, 2.24) is 0 Å². The van der Waals surface area contributed by atoms with Crippen molar-refractivity contribution < 1.29 is 0 Å². The van der Waals surface area contributed by atoms with Crippen molar-refractivity contribution in [2.45, 2.75) is 65.3 Å². The van der Waals surface area contributed by atoms with Crippen LogP contribution in [-0.4, -0.2) is 10.7 Å². The number of rotatable bonds is 5. The standard InChI is InChI=1S/C16H25NS/c1-13(2)6-5-11-16(4,17-12-18)15-9-7-14(3)8-10-15/h6-7,15H,5,8-11H2,1-4H3/t15-,16+/m1/s1. The average molecular weight is 263 g/mol. The van der Waals surface area contributed by atoms with Crippen LogP contribution < -0.4 is 0 Å². The Morgan fingerprint density at radius 2 is 2.33 bits per heavy atom. The molecule has 0 amide bonds. The third kappa shape index (κ3) is 4.51. The molecule has 2 atom stereocenters. The van der Waals surface area contributed by atoms with Gasteiger partial charge in [-0.05, 0) is 77.9 Å². The fourth-order valence-electron chi connectivity index (χ4n) is 2.64. The molecule has 0 unspecified atom stereocenters. The molecule has 18 heavy (non-hydrogen) atoms. The molecule has 1 aliphatic rings. The van der Waals surface area contributed by atoms with E-state index in [9.17, 15) is 0 Å². The second-order valence-corrected chi connectivity index (χ2v) is 6.08. The first-order valence-electron chi connectivity index (χ1n) is 6.86. The Morgan fingerprint density at radius 1 is 1.61 bits per heavy atom. The predicted octanol–water partition coefficient (Wildman–Crippen LogP) is 5.34. The molecule has 0 aromatic carbocycles. The average Bonchev–Trinajstić information content (AvgIpc) is 2.29. The maximum atomic E-state index is 4.85. The number of thiocarbonyl (C=S) groups is 1. The first-order valence-corrected chi connectivity index (χ1v) is 7.27. The maximum absolute atomic E-state index is 4.85. The summed E-state index contributed by atoms with van der Waals surface area (Å²) in [6.07, 6.45) is 10.4. The topological polar surface area (TPSA) is 12.4 Å². The highest BCUT2D eigenvalue weighted by Crippen LogP contribution is 2.37. The van der Waals surface area contributed by atoms with Crippen molar-refractivity contribution in [3.05, 3.63) is 23.3 Å². The molecular weight excluding hydrogens is 238 g/mol. The molecule has 2 heteroatoms. The van der Waals surface area contributed by atoms with Crippen LogP contribution in [0.3, 0.4) is 0 Å². The normalized spacial score (nSPS) is 22.4. The number of allylic oxidation sites excluding steroid dienone is 4. The minimum absolute atomic E-state index is 0.0368. The van der Waals surface area contributed by atoms with Crippen LogP contribution in [-0.2, 0) is 0 Å². The highest BCUT2D eigenvalue weighted by atomic mass is 32.1. The van der Waals surface area contributed by atoms with Crippen molar-refractivity contribution >= 4 is 17.4 Å². The van der Waals surface area contributed by atoms with Crippen molar-refractivity contribution in [3.8, 4) is 0 Å². The molecule has 0 aromatic rings. The molecule has 0 aliphatic heterocycles. The largest absolute Gasteiger partial charge is 0.226 e. The van der Waals surface area contributed by atoms with Crippen molar-refractivity contribution in [3.63, 3.8) is 0 Å². The molecule has 0 fully saturated rings. The lowest BCUT2D eigenvalue weighted by atomic mass is 9.74. The minimum atomic E-state index is -0.0368. The van der Waals surface area contributed by atoms with Crippen LogP contribution in [0.1, 0.15) is 59.8 Å². The quantitative estimate of drug-likeness (QED) is 0.370. The van der Waals surface area contributed by atoms with Gasteiger partial charge in [-0.1, -0.05) is 23.3 Å². The molecule has 0 bridgehead atoms. The van der Waals surface area contributed by atoms with Crippen LogP contribution in [0, 0.1) is 5.92 Å². The van der Waals surface area contributed by atoms with E-state index in [1.54, 1.807) is 0 Å². The van der Waals surface area contributed by atoms with E-state index >= 15 is 0 Å². The lowest BCUT2D eigenvalue weighted by Crippen LogP contribution is -2.33. The second-order valence-electron chi connectivity index (χ2n) is 5.90.